The largest absolute Gasteiger partial charge is 0.481 e. The van der Waals surface area contributed by atoms with Crippen LogP contribution in [-0.2, 0) is 16.0 Å². The molecular weight excluding hydrogens is 310 g/mol. The number of rotatable bonds is 9. The van der Waals surface area contributed by atoms with E-state index in [-0.39, 0.29) is 12.3 Å². The van der Waals surface area contributed by atoms with Crippen molar-refractivity contribution in [3.8, 4) is 0 Å². The van der Waals surface area contributed by atoms with Gasteiger partial charge in [0.1, 0.15) is 0 Å². The number of aryl methyl sites for hydroxylation is 1. The first-order valence-electron chi connectivity index (χ1n) is 8.67. The Morgan fingerprint density at radius 1 is 1.26 bits per heavy atom. The molecule has 128 valence electrons. The normalized spacial score (nSPS) is 18.1. The molecule has 1 aromatic heterocycles. The van der Waals surface area contributed by atoms with Crippen LogP contribution in [0.25, 0.3) is 0 Å². The van der Waals surface area contributed by atoms with Crippen molar-refractivity contribution in [3.05, 3.63) is 22.4 Å². The van der Waals surface area contributed by atoms with Crippen LogP contribution in [0.4, 0.5) is 0 Å². The Labute approximate surface area is 142 Å². The summed E-state index contributed by atoms with van der Waals surface area (Å²) in [5.41, 5.74) is 0. The lowest BCUT2D eigenvalue weighted by atomic mass is 9.93. The third kappa shape index (κ3) is 6.73. The van der Waals surface area contributed by atoms with Crippen molar-refractivity contribution in [3.63, 3.8) is 0 Å². The van der Waals surface area contributed by atoms with Gasteiger partial charge in [-0.05, 0) is 55.9 Å². The zero-order chi connectivity index (χ0) is 16.5. The number of likely N-dealkylation sites (tertiary alicyclic amines) is 1. The summed E-state index contributed by atoms with van der Waals surface area (Å²) in [5, 5.41) is 10.9. The fraction of sp³-hybridized carbons (Fsp3) is 0.667. The Morgan fingerprint density at radius 3 is 2.87 bits per heavy atom. The minimum absolute atomic E-state index is 0.218. The average Bonchev–Trinajstić information content (AvgIpc) is 3.06. The average molecular weight is 337 g/mol. The van der Waals surface area contributed by atoms with Gasteiger partial charge in [-0.1, -0.05) is 12.5 Å². The summed E-state index contributed by atoms with van der Waals surface area (Å²) in [7, 11) is 0. The maximum atomic E-state index is 12.3. The summed E-state index contributed by atoms with van der Waals surface area (Å²) >= 11 is 1.80. The Balaban J connectivity index is 1.59. The van der Waals surface area contributed by atoms with Crippen molar-refractivity contribution in [1.29, 1.82) is 0 Å². The molecule has 2 rings (SSSR count). The number of unbranched alkanes of at least 4 members (excludes halogenated alkanes) is 2. The van der Waals surface area contributed by atoms with Crippen LogP contribution in [0.15, 0.2) is 17.5 Å². The SMILES string of the molecule is O=C(O)CCC1CCCN(C(=O)CCCCCc2cccs2)C1. The number of piperidine rings is 1. The molecule has 0 saturated carbocycles. The summed E-state index contributed by atoms with van der Waals surface area (Å²) in [5.74, 6) is -0.122. The maximum absolute atomic E-state index is 12.3. The third-order valence-electron chi connectivity index (χ3n) is 4.53. The molecule has 1 aliphatic heterocycles. The minimum Gasteiger partial charge on any atom is -0.481 e. The second kappa shape index (κ2) is 9.71. The number of carboxylic acid groups (broad SMARTS) is 1. The molecule has 1 N–H and O–H groups in total. The number of amides is 1. The lowest BCUT2D eigenvalue weighted by Gasteiger charge is -2.32. The second-order valence-corrected chi connectivity index (χ2v) is 7.45. The van der Waals surface area contributed by atoms with E-state index in [0.29, 0.717) is 18.8 Å². The number of hydrogen-bond donors (Lipinski definition) is 1. The molecule has 23 heavy (non-hydrogen) atoms. The molecule has 1 atom stereocenters. The van der Waals surface area contributed by atoms with Gasteiger partial charge in [-0.15, -0.1) is 11.3 Å². The number of carbonyl (C=O) groups excluding carboxylic acids is 1. The van der Waals surface area contributed by atoms with Crippen LogP contribution >= 0.6 is 11.3 Å². The van der Waals surface area contributed by atoms with Gasteiger partial charge in [-0.2, -0.15) is 0 Å². The van der Waals surface area contributed by atoms with E-state index in [4.69, 9.17) is 5.11 Å². The van der Waals surface area contributed by atoms with Crippen molar-refractivity contribution < 1.29 is 14.7 Å². The van der Waals surface area contributed by atoms with Crippen molar-refractivity contribution >= 4 is 23.2 Å². The van der Waals surface area contributed by atoms with Crippen LogP contribution in [0.2, 0.25) is 0 Å². The van der Waals surface area contributed by atoms with Gasteiger partial charge in [-0.25, -0.2) is 0 Å². The molecule has 2 heterocycles. The Morgan fingerprint density at radius 2 is 2.13 bits per heavy atom. The van der Waals surface area contributed by atoms with E-state index in [2.05, 4.69) is 17.5 Å². The topological polar surface area (TPSA) is 57.6 Å². The molecular formula is C18H27NO3S. The number of carboxylic acids is 1. The van der Waals surface area contributed by atoms with Crippen LogP contribution < -0.4 is 0 Å². The lowest BCUT2D eigenvalue weighted by Crippen LogP contribution is -2.39. The number of carbonyl (C=O) groups is 2. The summed E-state index contributed by atoms with van der Waals surface area (Å²) in [6.45, 7) is 1.60. The number of aliphatic carboxylic acids is 1. The quantitative estimate of drug-likeness (QED) is 0.694. The number of thiophene rings is 1. The van der Waals surface area contributed by atoms with E-state index in [9.17, 15) is 9.59 Å². The molecule has 0 aliphatic carbocycles. The third-order valence-corrected chi connectivity index (χ3v) is 5.47. The molecule has 0 spiro atoms. The molecule has 1 saturated heterocycles. The molecule has 0 aromatic carbocycles. The number of nitrogens with zero attached hydrogens (tertiary/aromatic N) is 1. The van der Waals surface area contributed by atoms with Crippen molar-refractivity contribution in [2.24, 2.45) is 5.92 Å². The summed E-state index contributed by atoms with van der Waals surface area (Å²) in [4.78, 5) is 26.3. The lowest BCUT2D eigenvalue weighted by molar-refractivity contribution is -0.137. The summed E-state index contributed by atoms with van der Waals surface area (Å²) < 4.78 is 0. The van der Waals surface area contributed by atoms with E-state index in [1.807, 2.05) is 4.90 Å². The highest BCUT2D eigenvalue weighted by atomic mass is 32.1. The fourth-order valence-corrected chi connectivity index (χ4v) is 3.97. The van der Waals surface area contributed by atoms with Gasteiger partial charge >= 0.3 is 5.97 Å². The van der Waals surface area contributed by atoms with E-state index in [1.165, 1.54) is 4.88 Å². The number of hydrogen-bond acceptors (Lipinski definition) is 3. The predicted octanol–water partition coefficient (Wildman–Crippen LogP) is 3.95. The first kappa shape index (κ1) is 18.0. The van der Waals surface area contributed by atoms with Gasteiger partial charge < -0.3 is 10.0 Å². The maximum Gasteiger partial charge on any atom is 0.303 e. The van der Waals surface area contributed by atoms with Gasteiger partial charge in [0, 0.05) is 30.8 Å². The highest BCUT2D eigenvalue weighted by molar-refractivity contribution is 7.09. The second-order valence-electron chi connectivity index (χ2n) is 6.42. The zero-order valence-corrected chi connectivity index (χ0v) is 14.5. The van der Waals surface area contributed by atoms with Gasteiger partial charge in [-0.3, -0.25) is 9.59 Å². The molecule has 1 fully saturated rings. The Bertz CT molecular complexity index is 486. The highest BCUT2D eigenvalue weighted by Gasteiger charge is 2.23. The standard InChI is InChI=1S/C18H27NO3S/c20-17(9-3-1-2-7-16-8-5-13-23-16)19-12-4-6-15(14-19)10-11-18(21)22/h5,8,13,15H,1-4,6-7,9-12,14H2,(H,21,22). The highest BCUT2D eigenvalue weighted by Crippen LogP contribution is 2.22. The molecule has 1 aliphatic rings. The van der Waals surface area contributed by atoms with Crippen LogP contribution in [0.5, 0.6) is 0 Å². The van der Waals surface area contributed by atoms with Crippen LogP contribution in [0, 0.1) is 5.92 Å². The van der Waals surface area contributed by atoms with Crippen LogP contribution in [-0.4, -0.2) is 35.0 Å². The summed E-state index contributed by atoms with van der Waals surface area (Å²) in [6, 6.07) is 4.25. The van der Waals surface area contributed by atoms with Gasteiger partial charge in [0.25, 0.3) is 0 Å². The van der Waals surface area contributed by atoms with Crippen molar-refractivity contribution in [2.45, 2.75) is 57.8 Å². The molecule has 1 unspecified atom stereocenters. The fourth-order valence-electron chi connectivity index (χ4n) is 3.22. The molecule has 4 nitrogen and oxygen atoms in total. The Kier molecular flexibility index (Phi) is 7.59. The van der Waals surface area contributed by atoms with E-state index in [1.54, 1.807) is 11.3 Å². The molecule has 5 heteroatoms. The molecule has 0 bridgehead atoms. The van der Waals surface area contributed by atoms with Gasteiger partial charge in [0.15, 0.2) is 0 Å². The first-order chi connectivity index (χ1) is 11.1. The van der Waals surface area contributed by atoms with Crippen LogP contribution in [0.3, 0.4) is 0 Å². The molecule has 1 amide bonds. The van der Waals surface area contributed by atoms with Gasteiger partial charge in [0.2, 0.25) is 5.91 Å². The predicted molar refractivity (Wildman–Crippen MR) is 92.7 cm³/mol. The van der Waals surface area contributed by atoms with Gasteiger partial charge in [0.05, 0.1) is 0 Å². The first-order valence-corrected chi connectivity index (χ1v) is 9.55. The van der Waals surface area contributed by atoms with Crippen molar-refractivity contribution in [1.82, 2.24) is 4.90 Å². The zero-order valence-electron chi connectivity index (χ0n) is 13.7. The van der Waals surface area contributed by atoms with E-state index >= 15 is 0 Å². The van der Waals surface area contributed by atoms with Crippen LogP contribution in [0.1, 0.15) is 56.2 Å². The summed E-state index contributed by atoms with van der Waals surface area (Å²) in [6.07, 6.45) is 7.93. The van der Waals surface area contributed by atoms with E-state index in [0.717, 1.165) is 51.6 Å². The van der Waals surface area contributed by atoms with Crippen molar-refractivity contribution in [2.75, 3.05) is 13.1 Å². The molecule has 1 aromatic rings. The smallest absolute Gasteiger partial charge is 0.303 e. The molecule has 0 radical (unpaired) electrons. The van der Waals surface area contributed by atoms with E-state index < -0.39 is 5.97 Å². The minimum atomic E-state index is -0.737. The Hall–Kier alpha value is -1.36. The monoisotopic (exact) mass is 337 g/mol.